The van der Waals surface area contributed by atoms with Gasteiger partial charge in [0.15, 0.2) is 6.10 Å². The van der Waals surface area contributed by atoms with E-state index in [0.29, 0.717) is 16.7 Å². The summed E-state index contributed by atoms with van der Waals surface area (Å²) in [4.78, 5) is 0. The maximum absolute atomic E-state index is 13.4. The molecular formula is C20H16F6O. The highest BCUT2D eigenvalue weighted by Gasteiger charge is 2.53. The molecule has 0 radical (unpaired) electrons. The number of aliphatic hydroxyl groups is 1. The lowest BCUT2D eigenvalue weighted by Crippen LogP contribution is -2.39. The molecular weight excluding hydrogens is 370 g/mol. The molecule has 0 saturated heterocycles. The zero-order valence-electron chi connectivity index (χ0n) is 13.9. The van der Waals surface area contributed by atoms with Crippen LogP contribution in [-0.2, 0) is 0 Å². The van der Waals surface area contributed by atoms with E-state index in [9.17, 15) is 31.4 Å². The number of hydrogen-bond donors (Lipinski definition) is 1. The Labute approximate surface area is 152 Å². The Bertz CT molecular complexity index is 809. The molecule has 0 unspecified atom stereocenters. The first kappa shape index (κ1) is 19.5. The lowest BCUT2D eigenvalue weighted by atomic mass is 9.78. The van der Waals surface area contributed by atoms with Crippen molar-refractivity contribution in [1.82, 2.24) is 0 Å². The molecule has 0 heterocycles. The van der Waals surface area contributed by atoms with Crippen LogP contribution >= 0.6 is 0 Å². The molecule has 7 heteroatoms. The van der Waals surface area contributed by atoms with Crippen molar-refractivity contribution in [1.29, 1.82) is 0 Å². The van der Waals surface area contributed by atoms with Gasteiger partial charge in [0, 0.05) is 23.8 Å². The molecule has 27 heavy (non-hydrogen) atoms. The van der Waals surface area contributed by atoms with Crippen molar-refractivity contribution in [2.75, 3.05) is 0 Å². The second-order valence-corrected chi connectivity index (χ2v) is 6.51. The van der Waals surface area contributed by atoms with Crippen molar-refractivity contribution in [3.05, 3.63) is 83.4 Å². The summed E-state index contributed by atoms with van der Waals surface area (Å²) in [6, 6.07) is 14.5. The zero-order chi connectivity index (χ0) is 19.8. The van der Waals surface area contributed by atoms with Crippen molar-refractivity contribution < 1.29 is 31.4 Å². The van der Waals surface area contributed by atoms with Crippen LogP contribution in [0.5, 0.6) is 0 Å². The molecule has 1 N–H and O–H groups in total. The van der Waals surface area contributed by atoms with Crippen LogP contribution in [0.25, 0.3) is 0 Å². The average Bonchev–Trinajstić information content (AvgIpc) is 2.92. The number of hydrogen-bond acceptors (Lipinski definition) is 1. The smallest absolute Gasteiger partial charge is 0.383 e. The molecule has 1 aliphatic rings. The Morgan fingerprint density at radius 2 is 1.37 bits per heavy atom. The normalized spacial score (nSPS) is 24.2. The molecule has 0 aromatic heterocycles. The van der Waals surface area contributed by atoms with E-state index in [2.05, 4.69) is 0 Å². The summed E-state index contributed by atoms with van der Waals surface area (Å²) in [6.45, 7) is 0. The number of halogens is 6. The van der Waals surface area contributed by atoms with Gasteiger partial charge >= 0.3 is 12.4 Å². The van der Waals surface area contributed by atoms with Crippen LogP contribution in [0.1, 0.15) is 28.5 Å². The van der Waals surface area contributed by atoms with Gasteiger partial charge in [0.1, 0.15) is 0 Å². The van der Waals surface area contributed by atoms with E-state index < -0.39 is 36.2 Å². The third-order valence-corrected chi connectivity index (χ3v) is 4.84. The summed E-state index contributed by atoms with van der Waals surface area (Å²) < 4.78 is 78.2. The monoisotopic (exact) mass is 386 g/mol. The summed E-state index contributed by atoms with van der Waals surface area (Å²) in [5, 5.41) is 10.0. The highest BCUT2D eigenvalue weighted by molar-refractivity contribution is 5.48. The minimum Gasteiger partial charge on any atom is -0.383 e. The predicted molar refractivity (Wildman–Crippen MR) is 88.2 cm³/mol. The van der Waals surface area contributed by atoms with Gasteiger partial charge in [0.2, 0.25) is 0 Å². The number of benzene rings is 2. The van der Waals surface area contributed by atoms with Gasteiger partial charge in [-0.25, -0.2) is 0 Å². The van der Waals surface area contributed by atoms with Gasteiger partial charge in [0.25, 0.3) is 0 Å². The minimum absolute atomic E-state index is 0.0576. The fourth-order valence-electron chi connectivity index (χ4n) is 3.82. The van der Waals surface area contributed by atoms with Crippen molar-refractivity contribution in [2.24, 2.45) is 5.92 Å². The van der Waals surface area contributed by atoms with E-state index in [1.54, 1.807) is 48.5 Å². The fraction of sp³-hybridized carbons (Fsp3) is 0.300. The van der Waals surface area contributed by atoms with Gasteiger partial charge in [-0.2, -0.15) is 26.3 Å². The van der Waals surface area contributed by atoms with Crippen LogP contribution in [0.4, 0.5) is 26.3 Å². The Kier molecular flexibility index (Phi) is 5.08. The average molecular weight is 386 g/mol. The second kappa shape index (κ2) is 7.03. The van der Waals surface area contributed by atoms with Gasteiger partial charge in [-0.15, -0.1) is 0 Å². The molecule has 0 amide bonds. The summed E-state index contributed by atoms with van der Waals surface area (Å²) in [6.07, 6.45) is -11.7. The number of alkyl halides is 6. The molecule has 0 saturated carbocycles. The van der Waals surface area contributed by atoms with Crippen LogP contribution in [-0.4, -0.2) is 23.6 Å². The molecule has 3 rings (SSSR count). The number of allylic oxidation sites excluding steroid dienone is 2. The van der Waals surface area contributed by atoms with Crippen LogP contribution in [0.15, 0.2) is 66.7 Å². The first-order valence-corrected chi connectivity index (χ1v) is 8.24. The van der Waals surface area contributed by atoms with E-state index in [-0.39, 0.29) is 6.08 Å². The summed E-state index contributed by atoms with van der Waals surface area (Å²) in [5.41, 5.74) is 1.37. The quantitative estimate of drug-likeness (QED) is 0.540. The standard InChI is InChI=1S/C20H16F6O/c21-19(22,23)11-10-15-13-8-4-5-9-14(13)16(12-6-2-1-3-7-12)17(15)18(27)20(24,25)26/h1-11,15-18,27H/b11-10+/t15-,16+,17+,18+/m0/s1. The Balaban J connectivity index is 2.17. The molecule has 144 valence electrons. The molecule has 4 atom stereocenters. The van der Waals surface area contributed by atoms with Crippen molar-refractivity contribution >= 4 is 0 Å². The fourth-order valence-corrected chi connectivity index (χ4v) is 3.82. The molecule has 0 fully saturated rings. The van der Waals surface area contributed by atoms with E-state index >= 15 is 0 Å². The molecule has 0 aliphatic heterocycles. The molecule has 0 spiro atoms. The summed E-state index contributed by atoms with van der Waals surface area (Å²) >= 11 is 0. The third kappa shape index (κ3) is 4.03. The SMILES string of the molecule is O[C@H]([C@H]1[C@H](c2ccccc2)c2ccccc2[C@@H]1/C=C/C(F)(F)F)C(F)(F)F. The summed E-state index contributed by atoms with van der Waals surface area (Å²) in [7, 11) is 0. The van der Waals surface area contributed by atoms with Gasteiger partial charge < -0.3 is 5.11 Å². The maximum Gasteiger partial charge on any atom is 0.414 e. The lowest BCUT2D eigenvalue weighted by molar-refractivity contribution is -0.221. The number of fused-ring (bicyclic) bond motifs is 1. The second-order valence-electron chi connectivity index (χ2n) is 6.51. The highest BCUT2D eigenvalue weighted by Crippen LogP contribution is 2.54. The van der Waals surface area contributed by atoms with E-state index in [1.165, 1.54) is 6.07 Å². The first-order chi connectivity index (χ1) is 12.6. The van der Waals surface area contributed by atoms with Crippen molar-refractivity contribution in [3.63, 3.8) is 0 Å². The van der Waals surface area contributed by atoms with Gasteiger partial charge in [-0.3, -0.25) is 0 Å². The third-order valence-electron chi connectivity index (χ3n) is 4.84. The van der Waals surface area contributed by atoms with Crippen LogP contribution in [0, 0.1) is 5.92 Å². The van der Waals surface area contributed by atoms with Gasteiger partial charge in [0.05, 0.1) is 0 Å². The zero-order valence-corrected chi connectivity index (χ0v) is 13.9. The molecule has 2 aromatic rings. The number of aliphatic hydroxyl groups excluding tert-OH is 1. The van der Waals surface area contributed by atoms with Gasteiger partial charge in [-0.1, -0.05) is 60.7 Å². The number of rotatable bonds is 3. The summed E-state index contributed by atoms with van der Waals surface area (Å²) in [5.74, 6) is -3.59. The van der Waals surface area contributed by atoms with Crippen LogP contribution in [0.2, 0.25) is 0 Å². The Hall–Kier alpha value is -2.28. The molecule has 1 aliphatic carbocycles. The predicted octanol–water partition coefficient (Wildman–Crippen LogP) is 5.57. The van der Waals surface area contributed by atoms with Gasteiger partial charge in [-0.05, 0) is 16.7 Å². The van der Waals surface area contributed by atoms with E-state index in [4.69, 9.17) is 0 Å². The largest absolute Gasteiger partial charge is 0.414 e. The Morgan fingerprint density at radius 3 is 1.93 bits per heavy atom. The lowest BCUT2D eigenvalue weighted by Gasteiger charge is -2.30. The first-order valence-electron chi connectivity index (χ1n) is 8.24. The van der Waals surface area contributed by atoms with Crippen LogP contribution in [0.3, 0.4) is 0 Å². The Morgan fingerprint density at radius 1 is 0.815 bits per heavy atom. The minimum atomic E-state index is -4.95. The van der Waals surface area contributed by atoms with Crippen molar-refractivity contribution in [2.45, 2.75) is 30.3 Å². The van der Waals surface area contributed by atoms with Crippen LogP contribution < -0.4 is 0 Å². The van der Waals surface area contributed by atoms with E-state index in [1.807, 2.05) is 0 Å². The maximum atomic E-state index is 13.4. The molecule has 0 bridgehead atoms. The topological polar surface area (TPSA) is 20.2 Å². The molecule has 2 aromatic carbocycles. The highest BCUT2D eigenvalue weighted by atomic mass is 19.4. The van der Waals surface area contributed by atoms with E-state index in [0.717, 1.165) is 6.08 Å². The molecule has 1 nitrogen and oxygen atoms in total. The van der Waals surface area contributed by atoms with Crippen molar-refractivity contribution in [3.8, 4) is 0 Å².